The summed E-state index contributed by atoms with van der Waals surface area (Å²) in [4.78, 5) is 2.15. The maximum absolute atomic E-state index is 13.6. The normalized spacial score (nSPS) is 18.7. The van der Waals surface area contributed by atoms with E-state index in [1.165, 1.54) is 0 Å². The van der Waals surface area contributed by atoms with Crippen molar-refractivity contribution in [2.45, 2.75) is 20.0 Å². The molecule has 1 saturated heterocycles. The topological polar surface area (TPSA) is 23.5 Å². The molecule has 0 saturated carbocycles. The number of halogens is 3. The Bertz CT molecular complexity index is 458. The summed E-state index contributed by atoms with van der Waals surface area (Å²) < 4.78 is 39.5. The predicted molar refractivity (Wildman–Crippen MR) is 66.0 cm³/mol. The fourth-order valence-electron chi connectivity index (χ4n) is 2.50. The van der Waals surface area contributed by atoms with E-state index in [1.54, 1.807) is 0 Å². The minimum absolute atomic E-state index is 0.127. The molecule has 1 atom stereocenters. The Morgan fingerprint density at radius 2 is 1.84 bits per heavy atom. The Balaban J connectivity index is 2.02. The van der Waals surface area contributed by atoms with Gasteiger partial charge in [0.05, 0.1) is 6.10 Å². The zero-order valence-corrected chi connectivity index (χ0v) is 11.0. The van der Waals surface area contributed by atoms with Crippen LogP contribution in [0.3, 0.4) is 0 Å². The van der Waals surface area contributed by atoms with Crippen LogP contribution in [0.15, 0.2) is 12.1 Å². The molecule has 1 fully saturated rings. The fourth-order valence-corrected chi connectivity index (χ4v) is 2.50. The van der Waals surface area contributed by atoms with Gasteiger partial charge in [-0.2, -0.15) is 0 Å². The lowest BCUT2D eigenvalue weighted by atomic mass is 9.88. The monoisotopic (exact) mass is 273 g/mol. The molecule has 1 aromatic carbocycles. The van der Waals surface area contributed by atoms with Gasteiger partial charge in [-0.15, -0.1) is 0 Å². The number of nitrogens with zero attached hydrogens (tertiary/aromatic N) is 1. The molecule has 2 nitrogen and oxygen atoms in total. The largest absolute Gasteiger partial charge is 0.388 e. The molecule has 5 heteroatoms. The first-order valence-corrected chi connectivity index (χ1v) is 6.44. The van der Waals surface area contributed by atoms with Gasteiger partial charge in [-0.3, -0.25) is 0 Å². The fraction of sp³-hybridized carbons (Fsp3) is 0.571. The van der Waals surface area contributed by atoms with Crippen LogP contribution < -0.4 is 0 Å². The third-order valence-electron chi connectivity index (χ3n) is 3.44. The summed E-state index contributed by atoms with van der Waals surface area (Å²) in [7, 11) is 0. The first-order chi connectivity index (χ1) is 8.90. The lowest BCUT2D eigenvalue weighted by molar-refractivity contribution is -0.0121. The van der Waals surface area contributed by atoms with Crippen molar-refractivity contribution in [2.75, 3.05) is 19.6 Å². The third-order valence-corrected chi connectivity index (χ3v) is 3.44. The molecule has 1 N–H and O–H groups in total. The van der Waals surface area contributed by atoms with Gasteiger partial charge in [0.15, 0.2) is 17.5 Å². The maximum Gasteiger partial charge on any atom is 0.194 e. The van der Waals surface area contributed by atoms with Gasteiger partial charge in [0.1, 0.15) is 0 Å². The van der Waals surface area contributed by atoms with Crippen molar-refractivity contribution in [3.05, 3.63) is 35.1 Å². The molecule has 1 unspecified atom stereocenters. The highest BCUT2D eigenvalue weighted by atomic mass is 19.2. The molecule has 0 amide bonds. The van der Waals surface area contributed by atoms with Crippen LogP contribution in [0.5, 0.6) is 0 Å². The van der Waals surface area contributed by atoms with Crippen molar-refractivity contribution in [1.29, 1.82) is 0 Å². The van der Waals surface area contributed by atoms with E-state index in [0.29, 0.717) is 19.0 Å². The molecule has 0 aromatic heterocycles. The first kappa shape index (κ1) is 14.3. The highest BCUT2D eigenvalue weighted by molar-refractivity contribution is 5.23. The van der Waals surface area contributed by atoms with E-state index in [1.807, 2.05) is 0 Å². The van der Waals surface area contributed by atoms with Crippen molar-refractivity contribution in [3.8, 4) is 0 Å². The van der Waals surface area contributed by atoms with E-state index < -0.39 is 23.6 Å². The molecule has 0 aliphatic carbocycles. The smallest absolute Gasteiger partial charge is 0.194 e. The van der Waals surface area contributed by atoms with Crippen LogP contribution in [0, 0.1) is 29.3 Å². The minimum atomic E-state index is -1.52. The maximum atomic E-state index is 13.6. The summed E-state index contributed by atoms with van der Waals surface area (Å²) in [5.41, 5.74) is -0.159. The predicted octanol–water partition coefficient (Wildman–Crippen LogP) is 2.73. The van der Waals surface area contributed by atoms with Crippen molar-refractivity contribution in [2.24, 2.45) is 11.8 Å². The Morgan fingerprint density at radius 3 is 2.42 bits per heavy atom. The summed E-state index contributed by atoms with van der Waals surface area (Å²) >= 11 is 0. The second kappa shape index (κ2) is 5.51. The Kier molecular flexibility index (Phi) is 4.16. The van der Waals surface area contributed by atoms with Gasteiger partial charge in [-0.05, 0) is 12.0 Å². The Labute approximate surface area is 110 Å². The summed E-state index contributed by atoms with van der Waals surface area (Å²) in [5, 5.41) is 10.0. The molecule has 1 aliphatic heterocycles. The van der Waals surface area contributed by atoms with Gasteiger partial charge < -0.3 is 10.0 Å². The van der Waals surface area contributed by atoms with Crippen molar-refractivity contribution >= 4 is 0 Å². The summed E-state index contributed by atoms with van der Waals surface area (Å²) in [6.45, 7) is 6.41. The quantitative estimate of drug-likeness (QED) is 0.853. The number of hydrogen-bond acceptors (Lipinski definition) is 2. The van der Waals surface area contributed by atoms with E-state index in [9.17, 15) is 18.3 Å². The average Bonchev–Trinajstić information content (AvgIpc) is 2.29. The van der Waals surface area contributed by atoms with Crippen LogP contribution in [0.2, 0.25) is 0 Å². The van der Waals surface area contributed by atoms with Crippen LogP contribution in [-0.2, 0) is 0 Å². The van der Waals surface area contributed by atoms with E-state index in [2.05, 4.69) is 18.7 Å². The van der Waals surface area contributed by atoms with Gasteiger partial charge in [-0.1, -0.05) is 19.9 Å². The molecule has 19 heavy (non-hydrogen) atoms. The van der Waals surface area contributed by atoms with E-state index in [4.69, 9.17) is 0 Å². The zero-order chi connectivity index (χ0) is 14.2. The Hall–Kier alpha value is -1.07. The van der Waals surface area contributed by atoms with Crippen LogP contribution in [0.25, 0.3) is 0 Å². The number of hydrogen-bond donors (Lipinski definition) is 1. The minimum Gasteiger partial charge on any atom is -0.388 e. The van der Waals surface area contributed by atoms with Crippen molar-refractivity contribution in [3.63, 3.8) is 0 Å². The Morgan fingerprint density at radius 1 is 1.21 bits per heavy atom. The van der Waals surface area contributed by atoms with Crippen LogP contribution in [-0.4, -0.2) is 29.6 Å². The number of aliphatic hydroxyl groups is 1. The van der Waals surface area contributed by atoms with Gasteiger partial charge >= 0.3 is 0 Å². The van der Waals surface area contributed by atoms with Crippen LogP contribution >= 0.6 is 0 Å². The zero-order valence-electron chi connectivity index (χ0n) is 11.0. The SMILES string of the molecule is CC(C)CN1CC(C(O)c2ccc(F)c(F)c2F)C1. The molecule has 2 rings (SSSR count). The number of likely N-dealkylation sites (tertiary alicyclic amines) is 1. The molecule has 0 bridgehead atoms. The van der Waals surface area contributed by atoms with E-state index in [-0.39, 0.29) is 11.5 Å². The number of aliphatic hydroxyl groups excluding tert-OH is 1. The molecular weight excluding hydrogens is 255 g/mol. The molecule has 0 spiro atoms. The van der Waals surface area contributed by atoms with E-state index in [0.717, 1.165) is 18.7 Å². The lowest BCUT2D eigenvalue weighted by Gasteiger charge is -2.42. The molecule has 0 radical (unpaired) electrons. The van der Waals surface area contributed by atoms with Gasteiger partial charge in [0.25, 0.3) is 0 Å². The molecule has 1 aliphatic rings. The highest BCUT2D eigenvalue weighted by Crippen LogP contribution is 2.32. The average molecular weight is 273 g/mol. The van der Waals surface area contributed by atoms with E-state index >= 15 is 0 Å². The number of rotatable bonds is 4. The van der Waals surface area contributed by atoms with Crippen LogP contribution in [0.1, 0.15) is 25.5 Å². The van der Waals surface area contributed by atoms with Crippen molar-refractivity contribution in [1.82, 2.24) is 4.90 Å². The standard InChI is InChI=1S/C14H18F3NO/c1-8(2)5-18-6-9(7-18)14(19)10-3-4-11(15)13(17)12(10)16/h3-4,8-9,14,19H,5-7H2,1-2H3. The van der Waals surface area contributed by atoms with Gasteiger partial charge in [0.2, 0.25) is 0 Å². The van der Waals surface area contributed by atoms with Gasteiger partial charge in [-0.25, -0.2) is 13.2 Å². The second-order valence-electron chi connectivity index (χ2n) is 5.58. The first-order valence-electron chi connectivity index (χ1n) is 6.44. The van der Waals surface area contributed by atoms with Crippen LogP contribution in [0.4, 0.5) is 13.2 Å². The highest BCUT2D eigenvalue weighted by Gasteiger charge is 2.35. The summed E-state index contributed by atoms with van der Waals surface area (Å²) in [6, 6.07) is 1.96. The summed E-state index contributed by atoms with van der Waals surface area (Å²) in [5.74, 6) is -3.63. The van der Waals surface area contributed by atoms with Gasteiger partial charge in [0, 0.05) is 31.1 Å². The number of benzene rings is 1. The molecule has 1 heterocycles. The second-order valence-corrected chi connectivity index (χ2v) is 5.58. The summed E-state index contributed by atoms with van der Waals surface area (Å²) in [6.07, 6.45) is -1.08. The third kappa shape index (κ3) is 2.92. The molecular formula is C14H18F3NO. The lowest BCUT2D eigenvalue weighted by Crippen LogP contribution is -2.50. The molecule has 106 valence electrons. The molecule has 1 aromatic rings. The van der Waals surface area contributed by atoms with Crippen molar-refractivity contribution < 1.29 is 18.3 Å².